The maximum Gasteiger partial charge on any atom is 0.257 e. The minimum atomic E-state index is -0.105. The van der Waals surface area contributed by atoms with E-state index < -0.39 is 0 Å². The molecule has 1 aliphatic rings. The maximum atomic E-state index is 12.8. The summed E-state index contributed by atoms with van der Waals surface area (Å²) >= 11 is 0. The molecule has 22 heavy (non-hydrogen) atoms. The Morgan fingerprint density at radius 3 is 2.45 bits per heavy atom. The van der Waals surface area contributed by atoms with Gasteiger partial charge in [0.15, 0.2) is 0 Å². The monoisotopic (exact) mass is 306 g/mol. The second-order valence-corrected chi connectivity index (χ2v) is 7.43. The van der Waals surface area contributed by atoms with Crippen molar-refractivity contribution in [3.05, 3.63) is 17.5 Å². The molecule has 5 heteroatoms. The van der Waals surface area contributed by atoms with E-state index in [1.165, 1.54) is 0 Å². The lowest BCUT2D eigenvalue weighted by atomic mass is 9.90. The van der Waals surface area contributed by atoms with Crippen LogP contribution in [-0.4, -0.2) is 39.7 Å². The molecule has 1 aromatic rings. The molecular formula is C17H30N4O. The van der Waals surface area contributed by atoms with Crippen LogP contribution in [0.3, 0.4) is 0 Å². The SMILES string of the molecule is CCc1c(C(=O)N2CCC(C(C)N)CC2)cnn1C(C)(C)C. The first kappa shape index (κ1) is 17.0. The molecule has 1 unspecified atom stereocenters. The average Bonchev–Trinajstić information content (AvgIpc) is 2.90. The second kappa shape index (κ2) is 6.41. The lowest BCUT2D eigenvalue weighted by Crippen LogP contribution is -2.42. The molecule has 1 fully saturated rings. The molecule has 0 spiro atoms. The van der Waals surface area contributed by atoms with Crippen molar-refractivity contribution in [3.63, 3.8) is 0 Å². The molecule has 0 aromatic carbocycles. The first-order chi connectivity index (χ1) is 10.3. The van der Waals surface area contributed by atoms with Crippen LogP contribution < -0.4 is 5.73 Å². The fourth-order valence-corrected chi connectivity index (χ4v) is 3.27. The van der Waals surface area contributed by atoms with Gasteiger partial charge >= 0.3 is 0 Å². The minimum Gasteiger partial charge on any atom is -0.339 e. The molecule has 124 valence electrons. The van der Waals surface area contributed by atoms with Crippen molar-refractivity contribution in [3.8, 4) is 0 Å². The lowest BCUT2D eigenvalue weighted by Gasteiger charge is -2.33. The lowest BCUT2D eigenvalue weighted by molar-refractivity contribution is 0.0679. The van der Waals surface area contributed by atoms with E-state index in [1.54, 1.807) is 6.20 Å². The van der Waals surface area contributed by atoms with Crippen LogP contribution in [0.5, 0.6) is 0 Å². The Kier molecular flexibility index (Phi) is 4.95. The Balaban J connectivity index is 2.16. The van der Waals surface area contributed by atoms with Gasteiger partial charge in [-0.05, 0) is 52.9 Å². The van der Waals surface area contributed by atoms with E-state index in [1.807, 2.05) is 9.58 Å². The molecule has 0 radical (unpaired) electrons. The number of amides is 1. The minimum absolute atomic E-state index is 0.105. The van der Waals surface area contributed by atoms with Gasteiger partial charge in [-0.3, -0.25) is 9.48 Å². The summed E-state index contributed by atoms with van der Waals surface area (Å²) in [5.41, 5.74) is 7.67. The summed E-state index contributed by atoms with van der Waals surface area (Å²) in [5.74, 6) is 0.655. The van der Waals surface area contributed by atoms with Gasteiger partial charge in [-0.1, -0.05) is 6.92 Å². The summed E-state index contributed by atoms with van der Waals surface area (Å²) in [6.45, 7) is 12.1. The van der Waals surface area contributed by atoms with Gasteiger partial charge in [0.1, 0.15) is 0 Å². The number of likely N-dealkylation sites (tertiary alicyclic amines) is 1. The van der Waals surface area contributed by atoms with Gasteiger partial charge in [0.2, 0.25) is 0 Å². The molecule has 0 bridgehead atoms. The number of nitrogens with zero attached hydrogens (tertiary/aromatic N) is 3. The zero-order valence-corrected chi connectivity index (χ0v) is 14.6. The number of carbonyl (C=O) groups is 1. The van der Waals surface area contributed by atoms with Crippen molar-refractivity contribution in [1.29, 1.82) is 0 Å². The smallest absolute Gasteiger partial charge is 0.257 e. The van der Waals surface area contributed by atoms with Crippen molar-refractivity contribution in [2.75, 3.05) is 13.1 Å². The fraction of sp³-hybridized carbons (Fsp3) is 0.765. The van der Waals surface area contributed by atoms with Crippen molar-refractivity contribution < 1.29 is 4.79 Å². The highest BCUT2D eigenvalue weighted by Gasteiger charge is 2.29. The predicted octanol–water partition coefficient (Wildman–Crippen LogP) is 2.40. The quantitative estimate of drug-likeness (QED) is 0.932. The van der Waals surface area contributed by atoms with Crippen molar-refractivity contribution in [2.45, 2.75) is 65.5 Å². The number of rotatable bonds is 3. The number of hydrogen-bond acceptors (Lipinski definition) is 3. The zero-order chi connectivity index (χ0) is 16.5. The molecule has 1 amide bonds. The zero-order valence-electron chi connectivity index (χ0n) is 14.6. The fourth-order valence-electron chi connectivity index (χ4n) is 3.27. The summed E-state index contributed by atoms with van der Waals surface area (Å²) in [5, 5.41) is 4.47. The molecule has 1 aliphatic heterocycles. The Morgan fingerprint density at radius 1 is 1.41 bits per heavy atom. The van der Waals surface area contributed by atoms with Crippen LogP contribution in [0.2, 0.25) is 0 Å². The van der Waals surface area contributed by atoms with Crippen LogP contribution in [0.15, 0.2) is 6.20 Å². The highest BCUT2D eigenvalue weighted by molar-refractivity contribution is 5.95. The molecule has 1 aromatic heterocycles. The van der Waals surface area contributed by atoms with Crippen molar-refractivity contribution in [2.24, 2.45) is 11.7 Å². The van der Waals surface area contributed by atoms with Crippen LogP contribution in [0.1, 0.15) is 63.5 Å². The van der Waals surface area contributed by atoms with Crippen LogP contribution >= 0.6 is 0 Å². The Morgan fingerprint density at radius 2 is 2.00 bits per heavy atom. The van der Waals surface area contributed by atoms with E-state index in [0.717, 1.165) is 43.6 Å². The number of aromatic nitrogens is 2. The van der Waals surface area contributed by atoms with Crippen molar-refractivity contribution in [1.82, 2.24) is 14.7 Å². The summed E-state index contributed by atoms with van der Waals surface area (Å²) in [7, 11) is 0. The standard InChI is InChI=1S/C17H30N4O/c1-6-15-14(11-19-21(15)17(3,4)5)16(22)20-9-7-13(8-10-20)12(2)18/h11-13H,6-10,18H2,1-5H3. The second-order valence-electron chi connectivity index (χ2n) is 7.43. The first-order valence-electron chi connectivity index (χ1n) is 8.38. The van der Waals surface area contributed by atoms with E-state index >= 15 is 0 Å². The van der Waals surface area contributed by atoms with Gasteiger partial charge in [-0.15, -0.1) is 0 Å². The first-order valence-corrected chi connectivity index (χ1v) is 8.38. The molecule has 2 rings (SSSR count). The third-order valence-corrected chi connectivity index (χ3v) is 4.64. The third kappa shape index (κ3) is 3.35. The highest BCUT2D eigenvalue weighted by atomic mass is 16.2. The Labute approximate surface area is 133 Å². The van der Waals surface area contributed by atoms with E-state index in [4.69, 9.17) is 5.73 Å². The Bertz CT molecular complexity index is 519. The molecule has 2 N–H and O–H groups in total. The van der Waals surface area contributed by atoms with Gasteiger partial charge < -0.3 is 10.6 Å². The molecule has 1 atom stereocenters. The largest absolute Gasteiger partial charge is 0.339 e. The van der Waals surface area contributed by atoms with Gasteiger partial charge in [0, 0.05) is 19.1 Å². The summed E-state index contributed by atoms with van der Waals surface area (Å²) in [6, 6.07) is 0.215. The predicted molar refractivity (Wildman–Crippen MR) is 88.9 cm³/mol. The molecule has 5 nitrogen and oxygen atoms in total. The molecule has 0 aliphatic carbocycles. The third-order valence-electron chi connectivity index (χ3n) is 4.64. The van der Waals surface area contributed by atoms with E-state index in [0.29, 0.717) is 5.92 Å². The normalized spacial score (nSPS) is 18.5. The maximum absolute atomic E-state index is 12.8. The van der Waals surface area contributed by atoms with E-state index in [-0.39, 0.29) is 17.5 Å². The van der Waals surface area contributed by atoms with Gasteiger partial charge in [0.25, 0.3) is 5.91 Å². The van der Waals surface area contributed by atoms with Crippen LogP contribution in [0.4, 0.5) is 0 Å². The van der Waals surface area contributed by atoms with Crippen LogP contribution in [0, 0.1) is 5.92 Å². The number of carbonyl (C=O) groups excluding carboxylic acids is 1. The highest BCUT2D eigenvalue weighted by Crippen LogP contribution is 2.24. The average molecular weight is 306 g/mol. The molecular weight excluding hydrogens is 276 g/mol. The van der Waals surface area contributed by atoms with Gasteiger partial charge in [-0.2, -0.15) is 5.10 Å². The number of piperidine rings is 1. The summed E-state index contributed by atoms with van der Waals surface area (Å²) in [6.07, 6.45) is 4.55. The summed E-state index contributed by atoms with van der Waals surface area (Å²) < 4.78 is 1.98. The van der Waals surface area contributed by atoms with Gasteiger partial charge in [-0.25, -0.2) is 0 Å². The topological polar surface area (TPSA) is 64.2 Å². The van der Waals surface area contributed by atoms with Crippen LogP contribution in [0.25, 0.3) is 0 Å². The van der Waals surface area contributed by atoms with E-state index in [9.17, 15) is 4.79 Å². The van der Waals surface area contributed by atoms with Crippen LogP contribution in [-0.2, 0) is 12.0 Å². The van der Waals surface area contributed by atoms with Gasteiger partial charge in [0.05, 0.1) is 23.0 Å². The van der Waals surface area contributed by atoms with E-state index in [2.05, 4.69) is 39.7 Å². The number of hydrogen-bond donors (Lipinski definition) is 1. The molecule has 0 saturated carbocycles. The number of nitrogens with two attached hydrogens (primary N) is 1. The van der Waals surface area contributed by atoms with Crippen molar-refractivity contribution >= 4 is 5.91 Å². The molecule has 2 heterocycles. The summed E-state index contributed by atoms with van der Waals surface area (Å²) in [4.78, 5) is 14.8. The molecule has 1 saturated heterocycles. The Hall–Kier alpha value is -1.36.